The first kappa shape index (κ1) is 14.0. The van der Waals surface area contributed by atoms with E-state index < -0.39 is 0 Å². The van der Waals surface area contributed by atoms with Gasteiger partial charge in [0.1, 0.15) is 0 Å². The second kappa shape index (κ2) is 5.69. The molecular formula is C15H18N4O. The molecule has 0 bridgehead atoms. The maximum atomic E-state index is 12.2. The molecule has 0 aliphatic carbocycles. The molecule has 0 saturated carbocycles. The van der Waals surface area contributed by atoms with Crippen molar-refractivity contribution in [3.05, 3.63) is 47.3 Å². The van der Waals surface area contributed by atoms with Gasteiger partial charge < -0.3 is 5.73 Å². The van der Waals surface area contributed by atoms with E-state index in [1.54, 1.807) is 12.1 Å². The molecule has 0 aliphatic heterocycles. The van der Waals surface area contributed by atoms with Crippen molar-refractivity contribution in [2.24, 2.45) is 0 Å². The Morgan fingerprint density at radius 1 is 1.20 bits per heavy atom. The molecule has 2 aromatic rings. The molecule has 1 amide bonds. The molecule has 1 atom stereocenters. The number of aryl methyl sites for hydroxylation is 2. The lowest BCUT2D eigenvalue weighted by molar-refractivity contribution is -0.117. The van der Waals surface area contributed by atoms with Crippen LogP contribution in [0.5, 0.6) is 0 Å². The smallest absolute Gasteiger partial charge is 0.233 e. The number of nitrogens with zero attached hydrogens (tertiary/aromatic N) is 2. The monoisotopic (exact) mass is 270 g/mol. The minimum atomic E-state index is -0.317. The minimum absolute atomic E-state index is 0.152. The largest absolute Gasteiger partial charge is 0.399 e. The minimum Gasteiger partial charge on any atom is -0.399 e. The molecule has 0 saturated heterocycles. The van der Waals surface area contributed by atoms with E-state index in [9.17, 15) is 4.79 Å². The lowest BCUT2D eigenvalue weighted by Gasteiger charge is -2.12. The number of aromatic nitrogens is 2. The molecule has 1 aromatic carbocycles. The topological polar surface area (TPSA) is 80.9 Å². The number of hydrogen-bond acceptors (Lipinski definition) is 4. The fraction of sp³-hybridized carbons (Fsp3) is 0.267. The lowest BCUT2D eigenvalue weighted by atomic mass is 10.00. The zero-order valence-electron chi connectivity index (χ0n) is 11.8. The quantitative estimate of drug-likeness (QED) is 0.839. The third kappa shape index (κ3) is 3.32. The van der Waals surface area contributed by atoms with E-state index in [2.05, 4.69) is 15.3 Å². The Hall–Kier alpha value is -2.43. The number of rotatable bonds is 3. The standard InChI is InChI=1S/C15H18N4O/c1-9-7-10(2)18-15(17-9)19-14(20)11(3)12-5-4-6-13(16)8-12/h4-8,11H,16H2,1-3H3,(H,17,18,19,20). The van der Waals surface area contributed by atoms with Crippen LogP contribution in [0, 0.1) is 13.8 Å². The zero-order chi connectivity index (χ0) is 14.7. The van der Waals surface area contributed by atoms with E-state index >= 15 is 0 Å². The molecular weight excluding hydrogens is 252 g/mol. The van der Waals surface area contributed by atoms with Crippen LogP contribution in [-0.2, 0) is 4.79 Å². The summed E-state index contributed by atoms with van der Waals surface area (Å²) < 4.78 is 0. The van der Waals surface area contributed by atoms with Gasteiger partial charge in [-0.15, -0.1) is 0 Å². The summed E-state index contributed by atoms with van der Waals surface area (Å²) in [5.74, 6) is -0.133. The van der Waals surface area contributed by atoms with E-state index in [1.807, 2.05) is 39.0 Å². The molecule has 0 radical (unpaired) electrons. The van der Waals surface area contributed by atoms with Gasteiger partial charge >= 0.3 is 0 Å². The molecule has 20 heavy (non-hydrogen) atoms. The van der Waals surface area contributed by atoms with Crippen molar-refractivity contribution in [1.82, 2.24) is 9.97 Å². The molecule has 104 valence electrons. The highest BCUT2D eigenvalue weighted by molar-refractivity contribution is 5.94. The average molecular weight is 270 g/mol. The number of carbonyl (C=O) groups is 1. The Kier molecular flexibility index (Phi) is 3.98. The Morgan fingerprint density at radius 3 is 2.45 bits per heavy atom. The van der Waals surface area contributed by atoms with Gasteiger partial charge in [-0.2, -0.15) is 0 Å². The fourth-order valence-electron chi connectivity index (χ4n) is 1.98. The SMILES string of the molecule is Cc1cc(C)nc(NC(=O)C(C)c2cccc(N)c2)n1. The molecule has 2 rings (SSSR count). The van der Waals surface area contributed by atoms with Crippen molar-refractivity contribution in [2.45, 2.75) is 26.7 Å². The van der Waals surface area contributed by atoms with Gasteiger partial charge in [0.15, 0.2) is 0 Å². The summed E-state index contributed by atoms with van der Waals surface area (Å²) in [7, 11) is 0. The van der Waals surface area contributed by atoms with Crippen LogP contribution < -0.4 is 11.1 Å². The highest BCUT2D eigenvalue weighted by atomic mass is 16.2. The third-order valence-corrected chi connectivity index (χ3v) is 3.02. The Labute approximate surface area is 118 Å². The second-order valence-corrected chi connectivity index (χ2v) is 4.86. The highest BCUT2D eigenvalue weighted by Crippen LogP contribution is 2.19. The van der Waals surface area contributed by atoms with E-state index in [1.165, 1.54) is 0 Å². The number of nitrogen functional groups attached to an aromatic ring is 1. The number of nitrogens with two attached hydrogens (primary N) is 1. The van der Waals surface area contributed by atoms with Crippen LogP contribution in [0.15, 0.2) is 30.3 Å². The Balaban J connectivity index is 2.15. The molecule has 3 N–H and O–H groups in total. The summed E-state index contributed by atoms with van der Waals surface area (Å²) >= 11 is 0. The van der Waals surface area contributed by atoms with Gasteiger partial charge in [0.2, 0.25) is 11.9 Å². The number of hydrogen-bond donors (Lipinski definition) is 2. The summed E-state index contributed by atoms with van der Waals surface area (Å²) in [6.45, 7) is 5.56. The van der Waals surface area contributed by atoms with Crippen molar-refractivity contribution in [3.63, 3.8) is 0 Å². The van der Waals surface area contributed by atoms with Crippen LogP contribution in [0.25, 0.3) is 0 Å². The molecule has 5 heteroatoms. The first-order chi connectivity index (χ1) is 9.45. The number of amides is 1. The molecule has 5 nitrogen and oxygen atoms in total. The van der Waals surface area contributed by atoms with Crippen LogP contribution in [0.4, 0.5) is 11.6 Å². The van der Waals surface area contributed by atoms with Gasteiger partial charge in [0, 0.05) is 17.1 Å². The molecule has 0 spiro atoms. The molecule has 0 fully saturated rings. The second-order valence-electron chi connectivity index (χ2n) is 4.86. The summed E-state index contributed by atoms with van der Waals surface area (Å²) in [6, 6.07) is 9.16. The highest BCUT2D eigenvalue weighted by Gasteiger charge is 2.16. The fourth-order valence-corrected chi connectivity index (χ4v) is 1.98. The van der Waals surface area contributed by atoms with Crippen LogP contribution in [0.2, 0.25) is 0 Å². The summed E-state index contributed by atoms with van der Waals surface area (Å²) in [6.07, 6.45) is 0. The lowest BCUT2D eigenvalue weighted by Crippen LogP contribution is -2.20. The molecule has 0 aliphatic rings. The predicted molar refractivity (Wildman–Crippen MR) is 79.4 cm³/mol. The van der Waals surface area contributed by atoms with Crippen LogP contribution >= 0.6 is 0 Å². The van der Waals surface area contributed by atoms with E-state index in [0.717, 1.165) is 17.0 Å². The predicted octanol–water partition coefficient (Wildman–Crippen LogP) is 2.42. The first-order valence-corrected chi connectivity index (χ1v) is 6.44. The maximum absolute atomic E-state index is 12.2. The van der Waals surface area contributed by atoms with Gasteiger partial charge in [0.05, 0.1) is 5.92 Å². The zero-order valence-corrected chi connectivity index (χ0v) is 11.8. The van der Waals surface area contributed by atoms with Crippen molar-refractivity contribution in [2.75, 3.05) is 11.1 Å². The summed E-state index contributed by atoms with van der Waals surface area (Å²) in [5.41, 5.74) is 8.89. The third-order valence-electron chi connectivity index (χ3n) is 3.02. The van der Waals surface area contributed by atoms with Crippen molar-refractivity contribution in [3.8, 4) is 0 Å². The van der Waals surface area contributed by atoms with Gasteiger partial charge in [0.25, 0.3) is 0 Å². The van der Waals surface area contributed by atoms with Gasteiger partial charge in [-0.25, -0.2) is 9.97 Å². The van der Waals surface area contributed by atoms with E-state index in [0.29, 0.717) is 11.6 Å². The number of benzene rings is 1. The molecule has 1 aromatic heterocycles. The molecule has 1 heterocycles. The maximum Gasteiger partial charge on any atom is 0.233 e. The van der Waals surface area contributed by atoms with Crippen LogP contribution in [0.3, 0.4) is 0 Å². The number of carbonyl (C=O) groups excluding carboxylic acids is 1. The Morgan fingerprint density at radius 2 is 1.85 bits per heavy atom. The number of nitrogens with one attached hydrogen (secondary N) is 1. The average Bonchev–Trinajstić information content (AvgIpc) is 2.36. The first-order valence-electron chi connectivity index (χ1n) is 6.44. The van der Waals surface area contributed by atoms with E-state index in [4.69, 9.17) is 5.73 Å². The van der Waals surface area contributed by atoms with Gasteiger partial charge in [-0.1, -0.05) is 12.1 Å². The van der Waals surface area contributed by atoms with Crippen LogP contribution in [0.1, 0.15) is 29.8 Å². The normalized spacial score (nSPS) is 11.9. The van der Waals surface area contributed by atoms with Crippen molar-refractivity contribution >= 4 is 17.5 Å². The Bertz CT molecular complexity index is 619. The summed E-state index contributed by atoms with van der Waals surface area (Å²) in [4.78, 5) is 20.6. The van der Waals surface area contributed by atoms with Gasteiger partial charge in [-0.05, 0) is 44.5 Å². The van der Waals surface area contributed by atoms with Crippen molar-refractivity contribution in [1.29, 1.82) is 0 Å². The van der Waals surface area contributed by atoms with E-state index in [-0.39, 0.29) is 11.8 Å². The van der Waals surface area contributed by atoms with Crippen molar-refractivity contribution < 1.29 is 4.79 Å². The molecule has 1 unspecified atom stereocenters. The summed E-state index contributed by atoms with van der Waals surface area (Å²) in [5, 5.41) is 2.74. The van der Waals surface area contributed by atoms with Crippen LogP contribution in [-0.4, -0.2) is 15.9 Å². The number of anilines is 2. The van der Waals surface area contributed by atoms with Gasteiger partial charge in [-0.3, -0.25) is 10.1 Å².